The van der Waals surface area contributed by atoms with Gasteiger partial charge in [-0.3, -0.25) is 4.79 Å². The Morgan fingerprint density at radius 2 is 1.72 bits per heavy atom. The Bertz CT molecular complexity index is 1120. The lowest BCUT2D eigenvalue weighted by Crippen LogP contribution is -2.22. The van der Waals surface area contributed by atoms with Crippen LogP contribution in [0.2, 0.25) is 0 Å². The van der Waals surface area contributed by atoms with Crippen LogP contribution in [0.4, 0.5) is 0 Å². The third-order valence-electron chi connectivity index (χ3n) is 6.54. The van der Waals surface area contributed by atoms with Gasteiger partial charge in [0.05, 0.1) is 6.61 Å². The van der Waals surface area contributed by atoms with E-state index in [0.29, 0.717) is 19.8 Å². The molecule has 0 aromatic heterocycles. The lowest BCUT2D eigenvalue weighted by atomic mass is 9.79. The quantitative estimate of drug-likeness (QED) is 0.141. The van der Waals surface area contributed by atoms with Crippen LogP contribution < -0.4 is 14.3 Å². The molecule has 4 nitrogen and oxygen atoms in total. The van der Waals surface area contributed by atoms with Gasteiger partial charge in [-0.05, 0) is 115 Å². The molecule has 0 spiro atoms. The fourth-order valence-electron chi connectivity index (χ4n) is 4.57. The second kappa shape index (κ2) is 14.1. The fraction of sp³-hybridized carbons (Fsp3) is 0.387. The van der Waals surface area contributed by atoms with Crippen molar-refractivity contribution in [1.82, 2.24) is 4.84 Å². The summed E-state index contributed by atoms with van der Waals surface area (Å²) in [7, 11) is 0. The maximum absolute atomic E-state index is 13.4. The summed E-state index contributed by atoms with van der Waals surface area (Å²) in [5.74, 6) is 1.80. The standard InChI is InChI=1S/C31H38ClNO3/c1-5-25-19-23(13-15-29(25)35-7-3)12-11-22(4)28-10-8-9-27(31(28)34)21-24-14-16-30(26(6-2)20-24)36-18-17-33-32/h11-16,19-21,28,33H,4-10,17-18H2,1-3H3/b12-11+,27-21+. The van der Waals surface area contributed by atoms with Crippen molar-refractivity contribution in [3.05, 3.63) is 82.5 Å². The van der Waals surface area contributed by atoms with E-state index in [1.165, 1.54) is 5.56 Å². The fourth-order valence-corrected chi connectivity index (χ4v) is 4.65. The number of carbonyl (C=O) groups excluding carboxylic acids is 1. The molecule has 1 unspecified atom stereocenters. The number of nitrogens with one attached hydrogen (secondary N) is 1. The lowest BCUT2D eigenvalue weighted by molar-refractivity contribution is -0.119. The van der Waals surface area contributed by atoms with Crippen molar-refractivity contribution in [1.29, 1.82) is 0 Å². The zero-order valence-corrected chi connectivity index (χ0v) is 22.5. The molecule has 0 aliphatic heterocycles. The minimum Gasteiger partial charge on any atom is -0.494 e. The minimum atomic E-state index is -0.175. The molecule has 36 heavy (non-hydrogen) atoms. The molecule has 0 amide bonds. The molecule has 1 saturated carbocycles. The Balaban J connectivity index is 1.72. The monoisotopic (exact) mass is 507 g/mol. The molecule has 0 heterocycles. The van der Waals surface area contributed by atoms with E-state index < -0.39 is 0 Å². The predicted molar refractivity (Wildman–Crippen MR) is 151 cm³/mol. The van der Waals surface area contributed by atoms with E-state index in [-0.39, 0.29) is 11.7 Å². The third kappa shape index (κ3) is 7.35. The van der Waals surface area contributed by atoms with E-state index in [1.54, 1.807) is 0 Å². The first kappa shape index (κ1) is 27.8. The molecule has 192 valence electrons. The van der Waals surface area contributed by atoms with E-state index in [0.717, 1.165) is 71.4 Å². The summed E-state index contributed by atoms with van der Waals surface area (Å²) >= 11 is 5.52. The topological polar surface area (TPSA) is 47.6 Å². The van der Waals surface area contributed by atoms with Crippen molar-refractivity contribution >= 4 is 29.7 Å². The van der Waals surface area contributed by atoms with Crippen LogP contribution in [0.25, 0.3) is 12.2 Å². The van der Waals surface area contributed by atoms with Crippen LogP contribution in [0.1, 0.15) is 62.3 Å². The second-order valence-electron chi connectivity index (χ2n) is 8.99. The molecule has 0 bridgehead atoms. The van der Waals surface area contributed by atoms with Gasteiger partial charge < -0.3 is 9.47 Å². The first-order valence-electron chi connectivity index (χ1n) is 13.0. The van der Waals surface area contributed by atoms with Gasteiger partial charge in [-0.1, -0.05) is 44.7 Å². The first-order chi connectivity index (χ1) is 17.5. The highest BCUT2D eigenvalue weighted by atomic mass is 35.5. The average molecular weight is 508 g/mol. The van der Waals surface area contributed by atoms with Crippen LogP contribution in [0.3, 0.4) is 0 Å². The molecule has 1 aliphatic rings. The van der Waals surface area contributed by atoms with Crippen LogP contribution in [-0.4, -0.2) is 25.5 Å². The summed E-state index contributed by atoms with van der Waals surface area (Å²) in [4.78, 5) is 15.9. The molecule has 1 aliphatic carbocycles. The van der Waals surface area contributed by atoms with Crippen LogP contribution in [0.5, 0.6) is 11.5 Å². The summed E-state index contributed by atoms with van der Waals surface area (Å²) in [6.07, 6.45) is 10.5. The maximum atomic E-state index is 13.4. The van der Waals surface area contributed by atoms with Gasteiger partial charge in [-0.2, -0.15) is 0 Å². The molecule has 0 saturated heterocycles. The minimum absolute atomic E-state index is 0.175. The van der Waals surface area contributed by atoms with Crippen molar-refractivity contribution in [3.8, 4) is 11.5 Å². The maximum Gasteiger partial charge on any atom is 0.166 e. The number of hydrogen-bond acceptors (Lipinski definition) is 4. The van der Waals surface area contributed by atoms with E-state index in [2.05, 4.69) is 43.5 Å². The van der Waals surface area contributed by atoms with Crippen LogP contribution in [0, 0.1) is 5.92 Å². The number of ether oxygens (including phenoxy) is 2. The summed E-state index contributed by atoms with van der Waals surface area (Å²) < 4.78 is 11.5. The van der Waals surface area contributed by atoms with Crippen molar-refractivity contribution < 1.29 is 14.3 Å². The highest BCUT2D eigenvalue weighted by molar-refractivity contribution is 6.13. The smallest absolute Gasteiger partial charge is 0.166 e. The van der Waals surface area contributed by atoms with Gasteiger partial charge in [0.15, 0.2) is 5.78 Å². The van der Waals surface area contributed by atoms with Gasteiger partial charge in [-0.25, -0.2) is 4.84 Å². The van der Waals surface area contributed by atoms with Gasteiger partial charge in [0.2, 0.25) is 0 Å². The van der Waals surface area contributed by atoms with Crippen molar-refractivity contribution in [2.75, 3.05) is 19.8 Å². The van der Waals surface area contributed by atoms with Crippen molar-refractivity contribution in [2.24, 2.45) is 5.92 Å². The van der Waals surface area contributed by atoms with Crippen LogP contribution in [-0.2, 0) is 17.6 Å². The number of aryl methyl sites for hydroxylation is 2. The lowest BCUT2D eigenvalue weighted by Gasteiger charge is -2.23. The Labute approximate surface area is 221 Å². The number of rotatable bonds is 12. The molecule has 1 atom stereocenters. The SMILES string of the molecule is C=C(/C=C/c1ccc(OCC)c(CC)c1)C1CCC/C(=C\c2ccc(OCCNCl)c(CC)c2)C1=O. The van der Waals surface area contributed by atoms with Gasteiger partial charge >= 0.3 is 0 Å². The Hall–Kier alpha value is -2.82. The zero-order valence-electron chi connectivity index (χ0n) is 21.7. The van der Waals surface area contributed by atoms with Gasteiger partial charge in [0.1, 0.15) is 18.1 Å². The molecule has 1 N–H and O–H groups in total. The molecule has 0 radical (unpaired) electrons. The molecule has 1 fully saturated rings. The van der Waals surface area contributed by atoms with E-state index >= 15 is 0 Å². The summed E-state index contributed by atoms with van der Waals surface area (Å²) in [6.45, 7) is 12.2. The number of hydrogen-bond donors (Lipinski definition) is 1. The zero-order chi connectivity index (χ0) is 25.9. The van der Waals surface area contributed by atoms with Gasteiger partial charge in [-0.15, -0.1) is 0 Å². The molecular formula is C31H38ClNO3. The van der Waals surface area contributed by atoms with Crippen molar-refractivity contribution in [3.63, 3.8) is 0 Å². The predicted octanol–water partition coefficient (Wildman–Crippen LogP) is 7.35. The Kier molecular flexibility index (Phi) is 10.8. The molecular weight excluding hydrogens is 470 g/mol. The number of halogens is 1. The number of benzene rings is 2. The highest BCUT2D eigenvalue weighted by Gasteiger charge is 2.27. The largest absolute Gasteiger partial charge is 0.494 e. The molecule has 2 aromatic carbocycles. The van der Waals surface area contributed by atoms with E-state index in [9.17, 15) is 4.79 Å². The number of carbonyl (C=O) groups is 1. The Morgan fingerprint density at radius 3 is 2.39 bits per heavy atom. The number of Topliss-reactive ketones (excluding diaryl/α,β-unsaturated/α-hetero) is 1. The third-order valence-corrected chi connectivity index (χ3v) is 6.72. The molecule has 3 rings (SSSR count). The summed E-state index contributed by atoms with van der Waals surface area (Å²) in [5, 5.41) is 0. The number of ketones is 1. The molecule has 5 heteroatoms. The summed E-state index contributed by atoms with van der Waals surface area (Å²) in [5.41, 5.74) is 6.16. The first-order valence-corrected chi connectivity index (χ1v) is 13.3. The van der Waals surface area contributed by atoms with E-state index in [4.69, 9.17) is 21.3 Å². The Morgan fingerprint density at radius 1 is 1.06 bits per heavy atom. The van der Waals surface area contributed by atoms with Crippen LogP contribution >= 0.6 is 11.8 Å². The number of allylic oxidation sites excluding steroid dienone is 3. The highest BCUT2D eigenvalue weighted by Crippen LogP contribution is 2.33. The van der Waals surface area contributed by atoms with Gasteiger partial charge in [0.25, 0.3) is 0 Å². The van der Waals surface area contributed by atoms with Crippen molar-refractivity contribution in [2.45, 2.75) is 52.9 Å². The van der Waals surface area contributed by atoms with Gasteiger partial charge in [0, 0.05) is 12.5 Å². The normalized spacial score (nSPS) is 17.1. The van der Waals surface area contributed by atoms with E-state index in [1.807, 2.05) is 43.3 Å². The van der Waals surface area contributed by atoms with Crippen LogP contribution in [0.15, 0.2) is 60.2 Å². The summed E-state index contributed by atoms with van der Waals surface area (Å²) in [6, 6.07) is 12.3. The molecule has 2 aromatic rings. The second-order valence-corrected chi connectivity index (χ2v) is 9.26. The average Bonchev–Trinajstić information content (AvgIpc) is 2.90.